The van der Waals surface area contributed by atoms with Crippen LogP contribution in [-0.4, -0.2) is 27.8 Å². The summed E-state index contributed by atoms with van der Waals surface area (Å²) in [7, 11) is 0. The molecule has 0 saturated carbocycles. The number of nitrogens with one attached hydrogen (secondary N) is 2. The number of nitrogens with zero attached hydrogens (tertiary/aromatic N) is 3. The molecule has 18 heavy (non-hydrogen) atoms. The van der Waals surface area contributed by atoms with Crippen LogP contribution in [0.1, 0.15) is 20.3 Å². The summed E-state index contributed by atoms with van der Waals surface area (Å²) >= 11 is 0. The van der Waals surface area contributed by atoms with E-state index in [4.69, 9.17) is 4.11 Å². The van der Waals surface area contributed by atoms with Crippen molar-refractivity contribution in [3.05, 3.63) is 42.0 Å². The van der Waals surface area contributed by atoms with Crippen molar-refractivity contribution < 1.29 is 8.91 Å². The molecule has 2 aromatic rings. The summed E-state index contributed by atoms with van der Waals surface area (Å²) in [4.78, 5) is 23.8. The lowest BCUT2D eigenvalue weighted by atomic mass is 10.2. The quantitative estimate of drug-likeness (QED) is 0.852. The van der Waals surface area contributed by atoms with Gasteiger partial charge in [-0.1, -0.05) is 0 Å². The fourth-order valence-electron chi connectivity index (χ4n) is 1.33. The molecule has 2 N–H and O–H groups in total. The Hall–Kier alpha value is -2.50. The second-order valence-corrected chi connectivity index (χ2v) is 3.50. The van der Waals surface area contributed by atoms with E-state index < -0.39 is 12.9 Å². The van der Waals surface area contributed by atoms with E-state index in [9.17, 15) is 4.79 Å². The summed E-state index contributed by atoms with van der Waals surface area (Å²) in [6, 6.07) is 4.72. The summed E-state index contributed by atoms with van der Waals surface area (Å²) in [5.74, 6) is 0.980. The van der Waals surface area contributed by atoms with Crippen LogP contribution < -0.4 is 10.6 Å². The molecule has 2 aromatic heterocycles. The third-order valence-corrected chi connectivity index (χ3v) is 2.17. The first-order valence-electron chi connectivity index (χ1n) is 6.69. The molecule has 2 heterocycles. The lowest BCUT2D eigenvalue weighted by Gasteiger charge is -2.05. The zero-order valence-corrected chi connectivity index (χ0v) is 9.64. The highest BCUT2D eigenvalue weighted by molar-refractivity contribution is 5.93. The first-order chi connectivity index (χ1) is 9.83. The topological polar surface area (TPSA) is 79.8 Å². The Morgan fingerprint density at radius 3 is 2.83 bits per heavy atom. The molecule has 0 unspecified atom stereocenters. The molecule has 0 aliphatic rings. The number of carbonyl (C=O) groups is 1. The second-order valence-electron chi connectivity index (χ2n) is 3.50. The molecule has 0 spiro atoms. The van der Waals surface area contributed by atoms with E-state index in [1.807, 2.05) is 5.32 Å². The molecular formula is C12H13N5O. The molecule has 2 rings (SSSR count). The van der Waals surface area contributed by atoms with Crippen molar-refractivity contribution in [3.8, 4) is 0 Å². The molecule has 0 aliphatic heterocycles. The fourth-order valence-corrected chi connectivity index (χ4v) is 1.33. The minimum absolute atomic E-state index is 0.163. The van der Waals surface area contributed by atoms with E-state index >= 15 is 0 Å². The van der Waals surface area contributed by atoms with Gasteiger partial charge in [-0.3, -0.25) is 4.79 Å². The molecule has 0 aromatic carbocycles. The average Bonchev–Trinajstić information content (AvgIpc) is 2.37. The van der Waals surface area contributed by atoms with Gasteiger partial charge in [-0.25, -0.2) is 15.0 Å². The van der Waals surface area contributed by atoms with Gasteiger partial charge in [-0.05, 0) is 25.1 Å². The van der Waals surface area contributed by atoms with Gasteiger partial charge in [0.15, 0.2) is 0 Å². The monoisotopic (exact) mass is 246 g/mol. The van der Waals surface area contributed by atoms with Crippen LogP contribution in [0.3, 0.4) is 0 Å². The molecule has 6 heteroatoms. The maximum atomic E-state index is 11.6. The van der Waals surface area contributed by atoms with Crippen molar-refractivity contribution in [2.45, 2.75) is 6.92 Å². The standard InChI is InChI=1S/C12H13N5O/c1-8-14-6-5-11(16-8)17-10-4-3-9(7-15-10)12(18)13-2/h3-7H,1-2H3,(H,13,18)(H,14,15,16,17)/i2D3. The maximum Gasteiger partial charge on any atom is 0.252 e. The molecular weight excluding hydrogens is 230 g/mol. The number of aromatic nitrogens is 3. The van der Waals surface area contributed by atoms with Gasteiger partial charge in [-0.2, -0.15) is 0 Å². The molecule has 0 bridgehead atoms. The number of aryl methyl sites for hydroxylation is 1. The first-order valence-corrected chi connectivity index (χ1v) is 5.19. The van der Waals surface area contributed by atoms with E-state index in [-0.39, 0.29) is 5.56 Å². The highest BCUT2D eigenvalue weighted by atomic mass is 16.1. The lowest BCUT2D eigenvalue weighted by Crippen LogP contribution is -2.17. The Morgan fingerprint density at radius 1 is 1.28 bits per heavy atom. The van der Waals surface area contributed by atoms with Gasteiger partial charge in [0, 0.05) is 23.5 Å². The number of rotatable bonds is 3. The number of anilines is 2. The Morgan fingerprint density at radius 2 is 2.17 bits per heavy atom. The zero-order valence-electron chi connectivity index (χ0n) is 12.6. The Balaban J connectivity index is 2.07. The number of amides is 1. The molecule has 1 amide bonds. The van der Waals surface area contributed by atoms with Gasteiger partial charge in [0.2, 0.25) is 0 Å². The van der Waals surface area contributed by atoms with Crippen molar-refractivity contribution in [2.24, 2.45) is 0 Å². The molecule has 6 nitrogen and oxygen atoms in total. The summed E-state index contributed by atoms with van der Waals surface area (Å²) < 4.78 is 20.9. The van der Waals surface area contributed by atoms with E-state index in [0.29, 0.717) is 17.5 Å². The smallest absolute Gasteiger partial charge is 0.252 e. The molecule has 0 radical (unpaired) electrons. The van der Waals surface area contributed by atoms with Crippen molar-refractivity contribution in [2.75, 3.05) is 12.3 Å². The number of pyridine rings is 1. The van der Waals surface area contributed by atoms with Crippen molar-refractivity contribution in [1.82, 2.24) is 20.3 Å². The van der Waals surface area contributed by atoms with Gasteiger partial charge in [0.25, 0.3) is 5.91 Å². The molecule has 0 fully saturated rings. The molecule has 0 atom stereocenters. The van der Waals surface area contributed by atoms with Crippen LogP contribution in [0.15, 0.2) is 30.6 Å². The molecule has 0 saturated heterocycles. The van der Waals surface area contributed by atoms with Gasteiger partial charge in [-0.15, -0.1) is 0 Å². The normalized spacial score (nSPS) is 13.1. The van der Waals surface area contributed by atoms with Crippen molar-refractivity contribution in [1.29, 1.82) is 0 Å². The fraction of sp³-hybridized carbons (Fsp3) is 0.167. The molecule has 92 valence electrons. The minimum Gasteiger partial charge on any atom is -0.355 e. The van der Waals surface area contributed by atoms with E-state index in [0.717, 1.165) is 0 Å². The number of hydrogen-bond donors (Lipinski definition) is 2. The van der Waals surface area contributed by atoms with Gasteiger partial charge >= 0.3 is 0 Å². The predicted molar refractivity (Wildman–Crippen MR) is 67.7 cm³/mol. The van der Waals surface area contributed by atoms with Gasteiger partial charge < -0.3 is 10.6 Å². The summed E-state index contributed by atoms with van der Waals surface area (Å²) in [5, 5.41) is 4.85. The largest absolute Gasteiger partial charge is 0.355 e. The third kappa shape index (κ3) is 2.79. The minimum atomic E-state index is -2.52. The van der Waals surface area contributed by atoms with Crippen LogP contribution in [0.2, 0.25) is 0 Å². The Kier molecular flexibility index (Phi) is 2.49. The van der Waals surface area contributed by atoms with Gasteiger partial charge in [0.1, 0.15) is 17.5 Å². The molecule has 0 aliphatic carbocycles. The average molecular weight is 246 g/mol. The van der Waals surface area contributed by atoms with Crippen LogP contribution in [0.4, 0.5) is 11.6 Å². The highest BCUT2D eigenvalue weighted by Crippen LogP contribution is 2.11. The Labute approximate surface area is 109 Å². The van der Waals surface area contributed by atoms with Crippen molar-refractivity contribution in [3.63, 3.8) is 0 Å². The van der Waals surface area contributed by atoms with Crippen LogP contribution in [0.25, 0.3) is 0 Å². The number of hydrogen-bond acceptors (Lipinski definition) is 5. The summed E-state index contributed by atoms with van der Waals surface area (Å²) in [6.07, 6.45) is 2.90. The highest BCUT2D eigenvalue weighted by Gasteiger charge is 2.03. The summed E-state index contributed by atoms with van der Waals surface area (Å²) in [5.41, 5.74) is 0.163. The van der Waals surface area contributed by atoms with Crippen LogP contribution in [-0.2, 0) is 0 Å². The van der Waals surface area contributed by atoms with Gasteiger partial charge in [0.05, 0.1) is 5.56 Å². The SMILES string of the molecule is [2H]C([2H])([2H])NC(=O)c1ccc(Nc2ccnc(C)n2)nc1. The first kappa shape index (κ1) is 8.57. The third-order valence-electron chi connectivity index (χ3n) is 2.17. The predicted octanol–water partition coefficient (Wildman–Crippen LogP) is 1.28. The van der Waals surface area contributed by atoms with E-state index in [1.165, 1.54) is 12.3 Å². The van der Waals surface area contributed by atoms with Crippen molar-refractivity contribution >= 4 is 17.5 Å². The summed E-state index contributed by atoms with van der Waals surface area (Å²) in [6.45, 7) is -0.757. The lowest BCUT2D eigenvalue weighted by molar-refractivity contribution is 0.0963. The second kappa shape index (κ2) is 5.22. The van der Waals surface area contributed by atoms with Crippen LogP contribution in [0.5, 0.6) is 0 Å². The maximum absolute atomic E-state index is 11.6. The Bertz CT molecular complexity index is 642. The van der Waals surface area contributed by atoms with E-state index in [1.54, 1.807) is 25.3 Å². The van der Waals surface area contributed by atoms with E-state index in [2.05, 4.69) is 20.3 Å². The van der Waals surface area contributed by atoms with Crippen LogP contribution >= 0.6 is 0 Å². The zero-order chi connectivity index (χ0) is 15.5. The number of carbonyl (C=O) groups excluding carboxylic acids is 1. The van der Waals surface area contributed by atoms with Crippen LogP contribution in [0, 0.1) is 6.92 Å².